The van der Waals surface area contributed by atoms with Crippen LogP contribution in [0, 0.1) is 6.92 Å². The van der Waals surface area contributed by atoms with Crippen LogP contribution in [-0.2, 0) is 11.8 Å². The number of benzene rings is 1. The number of aliphatic hydroxyl groups is 1. The second kappa shape index (κ2) is 7.02. The summed E-state index contributed by atoms with van der Waals surface area (Å²) in [7, 11) is 0. The van der Waals surface area contributed by atoms with Gasteiger partial charge in [0.25, 0.3) is 0 Å². The standard InChI is InChI=1S/C15H21N3O2.ClH/c1-10-5-4-6-11(7-10)8-13-17-14(18-20-13)15(2,3)12(16)9-19;/h4-7,12,19H,8-9,16H2,1-3H3;1H. The van der Waals surface area contributed by atoms with E-state index in [0.29, 0.717) is 18.1 Å². The van der Waals surface area contributed by atoms with Crippen LogP contribution in [0.5, 0.6) is 0 Å². The van der Waals surface area contributed by atoms with Crippen LogP contribution in [-0.4, -0.2) is 27.9 Å². The number of nitrogens with two attached hydrogens (primary N) is 1. The van der Waals surface area contributed by atoms with Crippen LogP contribution in [0.3, 0.4) is 0 Å². The Morgan fingerprint density at radius 3 is 2.71 bits per heavy atom. The van der Waals surface area contributed by atoms with E-state index in [1.165, 1.54) is 5.56 Å². The molecule has 0 aliphatic carbocycles. The van der Waals surface area contributed by atoms with Gasteiger partial charge in [0.15, 0.2) is 5.82 Å². The number of aromatic nitrogens is 2. The van der Waals surface area contributed by atoms with Crippen molar-refractivity contribution >= 4 is 12.4 Å². The summed E-state index contributed by atoms with van der Waals surface area (Å²) in [6, 6.07) is 7.75. The third-order valence-corrected chi connectivity index (χ3v) is 3.61. The summed E-state index contributed by atoms with van der Waals surface area (Å²) in [6.07, 6.45) is 0.596. The topological polar surface area (TPSA) is 85.2 Å². The van der Waals surface area contributed by atoms with E-state index in [-0.39, 0.29) is 19.0 Å². The molecule has 0 aliphatic rings. The average molecular weight is 312 g/mol. The first kappa shape index (κ1) is 17.6. The summed E-state index contributed by atoms with van der Waals surface area (Å²) in [5.74, 6) is 1.09. The van der Waals surface area contributed by atoms with E-state index < -0.39 is 11.5 Å². The molecule has 0 spiro atoms. The lowest BCUT2D eigenvalue weighted by molar-refractivity contribution is 0.212. The molecular weight excluding hydrogens is 290 g/mol. The van der Waals surface area contributed by atoms with E-state index >= 15 is 0 Å². The zero-order valence-corrected chi connectivity index (χ0v) is 13.4. The average Bonchev–Trinajstić information content (AvgIpc) is 2.87. The molecule has 116 valence electrons. The molecule has 0 saturated heterocycles. The molecule has 0 aliphatic heterocycles. The minimum atomic E-state index is -0.525. The summed E-state index contributed by atoms with van der Waals surface area (Å²) in [4.78, 5) is 4.41. The highest BCUT2D eigenvalue weighted by Crippen LogP contribution is 2.23. The van der Waals surface area contributed by atoms with Gasteiger partial charge in [0.1, 0.15) is 0 Å². The Hall–Kier alpha value is -1.43. The Bertz CT molecular complexity index is 584. The molecule has 1 atom stereocenters. The number of nitrogens with zero attached hydrogens (tertiary/aromatic N) is 2. The fraction of sp³-hybridized carbons (Fsp3) is 0.467. The Kier molecular flexibility index (Phi) is 5.89. The number of aliphatic hydroxyl groups excluding tert-OH is 1. The highest BCUT2D eigenvalue weighted by Gasteiger charge is 2.33. The zero-order chi connectivity index (χ0) is 14.8. The second-order valence-electron chi connectivity index (χ2n) is 5.69. The van der Waals surface area contributed by atoms with Gasteiger partial charge in [-0.2, -0.15) is 4.98 Å². The lowest BCUT2D eigenvalue weighted by Crippen LogP contribution is -2.44. The molecule has 1 heterocycles. The predicted octanol–water partition coefficient (Wildman–Crippen LogP) is 1.99. The first-order valence-corrected chi connectivity index (χ1v) is 6.68. The third-order valence-electron chi connectivity index (χ3n) is 3.61. The van der Waals surface area contributed by atoms with Gasteiger partial charge < -0.3 is 15.4 Å². The Morgan fingerprint density at radius 1 is 1.38 bits per heavy atom. The zero-order valence-electron chi connectivity index (χ0n) is 12.5. The van der Waals surface area contributed by atoms with E-state index in [1.54, 1.807) is 0 Å². The maximum Gasteiger partial charge on any atom is 0.231 e. The fourth-order valence-corrected chi connectivity index (χ4v) is 1.98. The van der Waals surface area contributed by atoms with E-state index in [0.717, 1.165) is 5.56 Å². The number of hydrogen-bond donors (Lipinski definition) is 2. The van der Waals surface area contributed by atoms with Gasteiger partial charge in [-0.3, -0.25) is 0 Å². The first-order valence-electron chi connectivity index (χ1n) is 6.68. The lowest BCUT2D eigenvalue weighted by atomic mass is 9.84. The molecule has 0 radical (unpaired) electrons. The largest absolute Gasteiger partial charge is 0.395 e. The minimum Gasteiger partial charge on any atom is -0.395 e. The van der Waals surface area contributed by atoms with Crippen molar-refractivity contribution in [1.29, 1.82) is 0 Å². The van der Waals surface area contributed by atoms with Crippen LogP contribution in [0.4, 0.5) is 0 Å². The van der Waals surface area contributed by atoms with Crippen molar-refractivity contribution in [3.63, 3.8) is 0 Å². The molecule has 0 bridgehead atoms. The van der Waals surface area contributed by atoms with Gasteiger partial charge in [0.05, 0.1) is 13.0 Å². The molecule has 2 rings (SSSR count). The van der Waals surface area contributed by atoms with Crippen molar-refractivity contribution in [2.75, 3.05) is 6.61 Å². The van der Waals surface area contributed by atoms with Gasteiger partial charge in [0, 0.05) is 11.5 Å². The molecule has 1 aromatic carbocycles. The number of aryl methyl sites for hydroxylation is 1. The van der Waals surface area contributed by atoms with Crippen LogP contribution < -0.4 is 5.73 Å². The summed E-state index contributed by atoms with van der Waals surface area (Å²) in [5.41, 5.74) is 7.70. The number of hydrogen-bond acceptors (Lipinski definition) is 5. The minimum absolute atomic E-state index is 0. The molecule has 0 amide bonds. The maximum absolute atomic E-state index is 9.19. The Morgan fingerprint density at radius 2 is 2.10 bits per heavy atom. The lowest BCUT2D eigenvalue weighted by Gasteiger charge is -2.26. The van der Waals surface area contributed by atoms with E-state index in [1.807, 2.05) is 39.0 Å². The SMILES string of the molecule is Cc1cccc(Cc2nc(C(C)(C)C(N)CO)no2)c1.Cl. The van der Waals surface area contributed by atoms with Gasteiger partial charge in [-0.1, -0.05) is 48.8 Å². The van der Waals surface area contributed by atoms with Crippen LogP contribution in [0.2, 0.25) is 0 Å². The molecule has 21 heavy (non-hydrogen) atoms. The van der Waals surface area contributed by atoms with Gasteiger partial charge in [0.2, 0.25) is 5.89 Å². The first-order chi connectivity index (χ1) is 9.43. The highest BCUT2D eigenvalue weighted by atomic mass is 35.5. The Balaban J connectivity index is 0.00000220. The number of halogens is 1. The normalized spacial score (nSPS) is 12.8. The molecule has 2 aromatic rings. The monoisotopic (exact) mass is 311 g/mol. The van der Waals surface area contributed by atoms with Gasteiger partial charge in [-0.05, 0) is 12.5 Å². The summed E-state index contributed by atoms with van der Waals surface area (Å²) in [6.45, 7) is 5.73. The quantitative estimate of drug-likeness (QED) is 0.882. The summed E-state index contributed by atoms with van der Waals surface area (Å²) in [5, 5.41) is 13.2. The van der Waals surface area contributed by atoms with Crippen molar-refractivity contribution in [3.8, 4) is 0 Å². The van der Waals surface area contributed by atoms with Crippen LogP contribution in [0.1, 0.15) is 36.7 Å². The summed E-state index contributed by atoms with van der Waals surface area (Å²) >= 11 is 0. The van der Waals surface area contributed by atoms with Crippen molar-refractivity contribution < 1.29 is 9.63 Å². The van der Waals surface area contributed by atoms with E-state index in [9.17, 15) is 5.11 Å². The maximum atomic E-state index is 9.19. The predicted molar refractivity (Wildman–Crippen MR) is 83.6 cm³/mol. The fourth-order valence-electron chi connectivity index (χ4n) is 1.98. The molecule has 0 saturated carbocycles. The van der Waals surface area contributed by atoms with E-state index in [4.69, 9.17) is 10.3 Å². The Labute approximate surface area is 131 Å². The molecule has 1 aromatic heterocycles. The summed E-state index contributed by atoms with van der Waals surface area (Å²) < 4.78 is 5.29. The van der Waals surface area contributed by atoms with Crippen molar-refractivity contribution in [1.82, 2.24) is 10.1 Å². The van der Waals surface area contributed by atoms with E-state index in [2.05, 4.69) is 16.2 Å². The van der Waals surface area contributed by atoms with Crippen molar-refractivity contribution in [2.24, 2.45) is 5.73 Å². The molecule has 5 nitrogen and oxygen atoms in total. The van der Waals surface area contributed by atoms with Gasteiger partial charge >= 0.3 is 0 Å². The molecule has 0 fully saturated rings. The molecule has 3 N–H and O–H groups in total. The van der Waals surface area contributed by atoms with Gasteiger partial charge in [-0.15, -0.1) is 12.4 Å². The van der Waals surface area contributed by atoms with Crippen molar-refractivity contribution in [3.05, 3.63) is 47.1 Å². The van der Waals surface area contributed by atoms with Gasteiger partial charge in [-0.25, -0.2) is 0 Å². The second-order valence-corrected chi connectivity index (χ2v) is 5.69. The molecule has 1 unspecified atom stereocenters. The van der Waals surface area contributed by atoms with Crippen LogP contribution in [0.15, 0.2) is 28.8 Å². The number of rotatable bonds is 5. The van der Waals surface area contributed by atoms with Crippen molar-refractivity contribution in [2.45, 2.75) is 38.6 Å². The molecular formula is C15H22ClN3O2. The smallest absolute Gasteiger partial charge is 0.231 e. The highest BCUT2D eigenvalue weighted by molar-refractivity contribution is 5.85. The van der Waals surface area contributed by atoms with Crippen LogP contribution in [0.25, 0.3) is 0 Å². The third kappa shape index (κ3) is 4.03. The van der Waals surface area contributed by atoms with Crippen LogP contribution >= 0.6 is 12.4 Å². The molecule has 6 heteroatoms.